The van der Waals surface area contributed by atoms with Crippen molar-refractivity contribution < 1.29 is 14.3 Å². The van der Waals surface area contributed by atoms with Gasteiger partial charge < -0.3 is 14.8 Å². The number of fused-ring (bicyclic) bond motifs is 2. The first kappa shape index (κ1) is 16.7. The first-order chi connectivity index (χ1) is 12.6. The van der Waals surface area contributed by atoms with E-state index in [2.05, 4.69) is 14.1 Å². The van der Waals surface area contributed by atoms with Crippen molar-refractivity contribution in [3.63, 3.8) is 0 Å². The zero-order valence-corrected chi connectivity index (χ0v) is 15.2. The molecule has 1 aliphatic rings. The summed E-state index contributed by atoms with van der Waals surface area (Å²) in [5, 5.41) is 3.01. The van der Waals surface area contributed by atoms with Crippen molar-refractivity contribution in [1.29, 1.82) is 0 Å². The van der Waals surface area contributed by atoms with Crippen LogP contribution in [-0.4, -0.2) is 40.4 Å². The molecule has 0 radical (unpaired) electrons. The maximum Gasteiger partial charge on any atom is 0.242 e. The lowest BCUT2D eigenvalue weighted by Crippen LogP contribution is -2.36. The van der Waals surface area contributed by atoms with Crippen molar-refractivity contribution in [2.45, 2.75) is 12.6 Å². The molecule has 134 valence electrons. The van der Waals surface area contributed by atoms with Gasteiger partial charge in [0.15, 0.2) is 11.5 Å². The summed E-state index contributed by atoms with van der Waals surface area (Å²) in [5.41, 5.74) is 3.57. The summed E-state index contributed by atoms with van der Waals surface area (Å²) in [6, 6.07) is 11.0. The number of aromatic nitrogens is 2. The summed E-state index contributed by atoms with van der Waals surface area (Å²) in [6.45, 7) is 0.646. The third kappa shape index (κ3) is 3.21. The highest BCUT2D eigenvalue weighted by Crippen LogP contribution is 2.35. The van der Waals surface area contributed by atoms with Crippen LogP contribution < -0.4 is 14.8 Å². The van der Waals surface area contributed by atoms with Gasteiger partial charge in [-0.05, 0) is 49.5 Å². The van der Waals surface area contributed by atoms with Crippen molar-refractivity contribution >= 4 is 28.7 Å². The quantitative estimate of drug-likeness (QED) is 0.743. The molecule has 3 aromatic rings. The number of nitrogens with zero attached hydrogens (tertiary/aromatic N) is 3. The summed E-state index contributed by atoms with van der Waals surface area (Å²) in [7, 11) is 3.75. The van der Waals surface area contributed by atoms with Crippen LogP contribution in [0.3, 0.4) is 0 Å². The molecule has 0 fully saturated rings. The van der Waals surface area contributed by atoms with E-state index in [1.165, 1.54) is 11.7 Å². The maximum absolute atomic E-state index is 12.8. The molecule has 1 aromatic heterocycles. The van der Waals surface area contributed by atoms with Crippen LogP contribution in [0.15, 0.2) is 36.4 Å². The number of ether oxygens (including phenoxy) is 2. The van der Waals surface area contributed by atoms with Gasteiger partial charge in [0.1, 0.15) is 17.1 Å². The molecule has 7 nitrogen and oxygen atoms in total. The molecule has 0 saturated carbocycles. The third-order valence-corrected chi connectivity index (χ3v) is 4.82. The molecule has 8 heteroatoms. The lowest BCUT2D eigenvalue weighted by atomic mass is 10.0. The average molecular weight is 370 g/mol. The zero-order chi connectivity index (χ0) is 18.1. The second kappa shape index (κ2) is 6.89. The van der Waals surface area contributed by atoms with E-state index in [1.807, 2.05) is 55.4 Å². The molecule has 0 bridgehead atoms. The number of benzene rings is 2. The Morgan fingerprint density at radius 1 is 1.15 bits per heavy atom. The molecule has 26 heavy (non-hydrogen) atoms. The molecule has 0 unspecified atom stereocenters. The van der Waals surface area contributed by atoms with Gasteiger partial charge in [0, 0.05) is 6.54 Å². The third-order valence-electron chi connectivity index (χ3n) is 4.26. The highest BCUT2D eigenvalue weighted by molar-refractivity contribution is 7.00. The van der Waals surface area contributed by atoms with E-state index in [0.29, 0.717) is 18.0 Å². The Hall–Kier alpha value is -2.71. The fraction of sp³-hybridized carbons (Fsp3) is 0.278. The SMILES string of the molecule is CN(C)[C@H](C(=O)NCc1ccc2nsnc2c1)c1ccc2c(c1)OCO2. The lowest BCUT2D eigenvalue weighted by molar-refractivity contribution is -0.125. The minimum atomic E-state index is -0.422. The molecule has 2 heterocycles. The van der Waals surface area contributed by atoms with Crippen LogP contribution in [0.25, 0.3) is 11.0 Å². The highest BCUT2D eigenvalue weighted by Gasteiger charge is 2.25. The molecule has 0 saturated heterocycles. The number of carbonyl (C=O) groups excluding carboxylic acids is 1. The molecular formula is C18H18N4O3S. The number of nitrogens with one attached hydrogen (secondary N) is 1. The summed E-state index contributed by atoms with van der Waals surface area (Å²) < 4.78 is 19.2. The van der Waals surface area contributed by atoms with Crippen molar-refractivity contribution in [2.24, 2.45) is 0 Å². The fourth-order valence-electron chi connectivity index (χ4n) is 2.99. The van der Waals surface area contributed by atoms with E-state index in [0.717, 1.165) is 22.2 Å². The summed E-state index contributed by atoms with van der Waals surface area (Å²) in [4.78, 5) is 14.7. The van der Waals surface area contributed by atoms with Crippen LogP contribution in [0, 0.1) is 0 Å². The standard InChI is InChI=1S/C18H18N4O3S/c1-22(2)17(12-4-6-15-16(8-12)25-10-24-15)18(23)19-9-11-3-5-13-14(7-11)21-26-20-13/h3-8,17H,9-10H2,1-2H3,(H,19,23)/t17-/m0/s1. The van der Waals surface area contributed by atoms with E-state index in [-0.39, 0.29) is 12.7 Å². The number of hydrogen-bond acceptors (Lipinski definition) is 7. The maximum atomic E-state index is 12.8. The number of likely N-dealkylation sites (N-methyl/N-ethyl adjacent to an activating group) is 1. The predicted molar refractivity (Wildman–Crippen MR) is 98.3 cm³/mol. The Bertz CT molecular complexity index is 957. The summed E-state index contributed by atoms with van der Waals surface area (Å²) in [6.07, 6.45) is 0. The number of rotatable bonds is 5. The molecular weight excluding hydrogens is 352 g/mol. The van der Waals surface area contributed by atoms with Gasteiger partial charge >= 0.3 is 0 Å². The van der Waals surface area contributed by atoms with Gasteiger partial charge in [0.05, 0.1) is 11.7 Å². The Kier molecular flexibility index (Phi) is 4.44. The second-order valence-corrected chi connectivity index (χ2v) is 6.81. The minimum absolute atomic E-state index is 0.0784. The smallest absolute Gasteiger partial charge is 0.242 e. The largest absolute Gasteiger partial charge is 0.454 e. The molecule has 4 rings (SSSR count). The first-order valence-corrected chi connectivity index (χ1v) is 8.90. The van der Waals surface area contributed by atoms with Gasteiger partial charge in [-0.1, -0.05) is 12.1 Å². The zero-order valence-electron chi connectivity index (χ0n) is 14.4. The van der Waals surface area contributed by atoms with Crippen LogP contribution >= 0.6 is 11.7 Å². The van der Waals surface area contributed by atoms with Gasteiger partial charge in [-0.3, -0.25) is 9.69 Å². The average Bonchev–Trinajstić information content (AvgIpc) is 3.27. The number of hydrogen-bond donors (Lipinski definition) is 1. The first-order valence-electron chi connectivity index (χ1n) is 8.17. The molecule has 1 amide bonds. The Morgan fingerprint density at radius 2 is 1.96 bits per heavy atom. The van der Waals surface area contributed by atoms with Crippen molar-refractivity contribution in [1.82, 2.24) is 19.0 Å². The Balaban J connectivity index is 1.50. The molecule has 1 aliphatic heterocycles. The number of carbonyl (C=O) groups is 1. The normalized spacial score (nSPS) is 14.0. The van der Waals surface area contributed by atoms with Crippen LogP contribution in [0.1, 0.15) is 17.2 Å². The van der Waals surface area contributed by atoms with Crippen LogP contribution in [0.4, 0.5) is 0 Å². The van der Waals surface area contributed by atoms with Crippen molar-refractivity contribution in [3.05, 3.63) is 47.5 Å². The van der Waals surface area contributed by atoms with Crippen LogP contribution in [-0.2, 0) is 11.3 Å². The highest BCUT2D eigenvalue weighted by atomic mass is 32.1. The Labute approximate surface area is 154 Å². The van der Waals surface area contributed by atoms with Gasteiger partial charge in [0.2, 0.25) is 12.7 Å². The Morgan fingerprint density at radius 3 is 2.81 bits per heavy atom. The van der Waals surface area contributed by atoms with Crippen molar-refractivity contribution in [3.8, 4) is 11.5 Å². The monoisotopic (exact) mass is 370 g/mol. The summed E-state index contributed by atoms with van der Waals surface area (Å²) >= 11 is 1.19. The topological polar surface area (TPSA) is 76.6 Å². The van der Waals surface area contributed by atoms with Gasteiger partial charge in [-0.15, -0.1) is 0 Å². The molecule has 1 atom stereocenters. The molecule has 2 aromatic carbocycles. The molecule has 0 spiro atoms. The fourth-order valence-corrected chi connectivity index (χ4v) is 3.51. The van der Waals surface area contributed by atoms with E-state index < -0.39 is 6.04 Å². The molecule has 0 aliphatic carbocycles. The van der Waals surface area contributed by atoms with E-state index in [9.17, 15) is 4.79 Å². The predicted octanol–water partition coefficient (Wildman–Crippen LogP) is 2.34. The van der Waals surface area contributed by atoms with Gasteiger partial charge in [0.25, 0.3) is 0 Å². The van der Waals surface area contributed by atoms with E-state index >= 15 is 0 Å². The van der Waals surface area contributed by atoms with Gasteiger partial charge in [-0.2, -0.15) is 8.75 Å². The minimum Gasteiger partial charge on any atom is -0.454 e. The molecule has 1 N–H and O–H groups in total. The second-order valence-electron chi connectivity index (χ2n) is 6.28. The van der Waals surface area contributed by atoms with Crippen molar-refractivity contribution in [2.75, 3.05) is 20.9 Å². The summed E-state index contributed by atoms with van der Waals surface area (Å²) in [5.74, 6) is 1.30. The lowest BCUT2D eigenvalue weighted by Gasteiger charge is -2.24. The van der Waals surface area contributed by atoms with E-state index in [1.54, 1.807) is 0 Å². The van der Waals surface area contributed by atoms with E-state index in [4.69, 9.17) is 9.47 Å². The van der Waals surface area contributed by atoms with Gasteiger partial charge in [-0.25, -0.2) is 0 Å². The number of amides is 1. The van der Waals surface area contributed by atoms with Crippen LogP contribution in [0.5, 0.6) is 11.5 Å². The van der Waals surface area contributed by atoms with Crippen LogP contribution in [0.2, 0.25) is 0 Å².